The maximum absolute atomic E-state index is 11.4. The number of aryl methyl sites for hydroxylation is 1. The van der Waals surface area contributed by atoms with Crippen LogP contribution in [-0.2, 0) is 11.8 Å². The second-order valence-corrected chi connectivity index (χ2v) is 4.95. The molecule has 110 valence electrons. The molecule has 1 N–H and O–H groups in total. The quantitative estimate of drug-likeness (QED) is 0.754. The van der Waals surface area contributed by atoms with Gasteiger partial charge in [0.05, 0.1) is 11.7 Å². The van der Waals surface area contributed by atoms with E-state index in [0.29, 0.717) is 0 Å². The molecular formula is C17H16N4O. The number of benzene rings is 1. The van der Waals surface area contributed by atoms with Crippen LogP contribution < -0.4 is 5.32 Å². The van der Waals surface area contributed by atoms with Crippen molar-refractivity contribution in [3.8, 4) is 11.1 Å². The molecule has 0 spiro atoms. The van der Waals surface area contributed by atoms with Gasteiger partial charge in [-0.2, -0.15) is 5.10 Å². The second-order valence-electron chi connectivity index (χ2n) is 4.95. The van der Waals surface area contributed by atoms with Gasteiger partial charge < -0.3 is 5.32 Å². The lowest BCUT2D eigenvalue weighted by Crippen LogP contribution is -2.13. The third-order valence-corrected chi connectivity index (χ3v) is 3.58. The van der Waals surface area contributed by atoms with Crippen LogP contribution in [0.15, 0.2) is 48.9 Å². The van der Waals surface area contributed by atoms with Crippen molar-refractivity contribution >= 4 is 22.9 Å². The van der Waals surface area contributed by atoms with Crippen LogP contribution in [0.25, 0.3) is 28.1 Å². The van der Waals surface area contributed by atoms with E-state index in [0.717, 1.165) is 27.6 Å². The number of hydrogen-bond donors (Lipinski definition) is 1. The summed E-state index contributed by atoms with van der Waals surface area (Å²) in [6.07, 6.45) is 8.68. The van der Waals surface area contributed by atoms with E-state index in [1.807, 2.05) is 36.1 Å². The van der Waals surface area contributed by atoms with Crippen LogP contribution in [0.3, 0.4) is 0 Å². The normalized spacial score (nSPS) is 11.2. The lowest BCUT2D eigenvalue weighted by atomic mass is 10.0. The van der Waals surface area contributed by atoms with E-state index in [1.54, 1.807) is 25.5 Å². The summed E-state index contributed by atoms with van der Waals surface area (Å²) < 4.78 is 1.84. The minimum Gasteiger partial charge on any atom is -0.356 e. The smallest absolute Gasteiger partial charge is 0.243 e. The summed E-state index contributed by atoms with van der Waals surface area (Å²) in [4.78, 5) is 15.6. The predicted molar refractivity (Wildman–Crippen MR) is 87.0 cm³/mol. The highest BCUT2D eigenvalue weighted by Gasteiger charge is 2.06. The van der Waals surface area contributed by atoms with Crippen molar-refractivity contribution in [1.82, 2.24) is 20.1 Å². The van der Waals surface area contributed by atoms with E-state index in [9.17, 15) is 4.79 Å². The van der Waals surface area contributed by atoms with Crippen molar-refractivity contribution in [2.45, 2.75) is 0 Å². The summed E-state index contributed by atoms with van der Waals surface area (Å²) >= 11 is 0. The molecule has 5 nitrogen and oxygen atoms in total. The zero-order chi connectivity index (χ0) is 15.5. The zero-order valence-corrected chi connectivity index (χ0v) is 12.4. The Morgan fingerprint density at radius 2 is 2.14 bits per heavy atom. The van der Waals surface area contributed by atoms with Gasteiger partial charge in [-0.15, -0.1) is 0 Å². The van der Waals surface area contributed by atoms with Gasteiger partial charge in [-0.1, -0.05) is 12.1 Å². The van der Waals surface area contributed by atoms with Crippen LogP contribution in [-0.4, -0.2) is 27.7 Å². The number of nitrogens with one attached hydrogen (secondary N) is 1. The lowest BCUT2D eigenvalue weighted by Gasteiger charge is -2.06. The third kappa shape index (κ3) is 2.61. The predicted octanol–water partition coefficient (Wildman–Crippen LogP) is 2.39. The molecule has 0 unspecified atom stereocenters. The first kappa shape index (κ1) is 14.0. The second kappa shape index (κ2) is 5.81. The number of hydrogen-bond acceptors (Lipinski definition) is 3. The van der Waals surface area contributed by atoms with Gasteiger partial charge in [0.15, 0.2) is 0 Å². The number of fused-ring (bicyclic) bond motifs is 1. The number of amides is 1. The molecule has 1 amide bonds. The van der Waals surface area contributed by atoms with E-state index in [2.05, 4.69) is 21.5 Å². The van der Waals surface area contributed by atoms with E-state index >= 15 is 0 Å². The first-order valence-electron chi connectivity index (χ1n) is 6.95. The molecule has 3 rings (SSSR count). The number of carbonyl (C=O) groups excluding carboxylic acids is 1. The summed E-state index contributed by atoms with van der Waals surface area (Å²) in [6.45, 7) is 0. The molecule has 0 aliphatic carbocycles. The van der Waals surface area contributed by atoms with Crippen molar-refractivity contribution in [1.29, 1.82) is 0 Å². The Hall–Kier alpha value is -2.95. The van der Waals surface area contributed by atoms with Gasteiger partial charge in [-0.25, -0.2) is 0 Å². The fraction of sp³-hybridized carbons (Fsp3) is 0.118. The van der Waals surface area contributed by atoms with Crippen molar-refractivity contribution in [3.63, 3.8) is 0 Å². The number of rotatable bonds is 3. The molecule has 0 fully saturated rings. The van der Waals surface area contributed by atoms with Crippen LogP contribution in [0.5, 0.6) is 0 Å². The number of pyridine rings is 1. The molecule has 22 heavy (non-hydrogen) atoms. The minimum absolute atomic E-state index is 0.134. The fourth-order valence-electron chi connectivity index (χ4n) is 2.35. The monoisotopic (exact) mass is 292 g/mol. The highest BCUT2D eigenvalue weighted by Crippen LogP contribution is 2.27. The van der Waals surface area contributed by atoms with Crippen molar-refractivity contribution in [3.05, 3.63) is 54.5 Å². The molecule has 2 heterocycles. The third-order valence-electron chi connectivity index (χ3n) is 3.58. The maximum atomic E-state index is 11.4. The minimum atomic E-state index is -0.134. The Balaban J connectivity index is 2.08. The van der Waals surface area contributed by atoms with Gasteiger partial charge >= 0.3 is 0 Å². The van der Waals surface area contributed by atoms with Gasteiger partial charge in [0.2, 0.25) is 5.91 Å². The van der Waals surface area contributed by atoms with E-state index in [-0.39, 0.29) is 5.91 Å². The molecule has 1 aromatic carbocycles. The molecule has 3 aromatic rings. The number of carbonyl (C=O) groups is 1. The maximum Gasteiger partial charge on any atom is 0.243 e. The standard InChI is InChI=1S/C17H16N4O/c1-18-17(22)6-5-12-7-8-19-11-15(12)13-3-4-14-10-20-21(2)16(14)9-13/h3-11H,1-2H3,(H,18,22)/b6-5+. The van der Waals surface area contributed by atoms with Crippen molar-refractivity contribution in [2.24, 2.45) is 7.05 Å². The first-order valence-corrected chi connectivity index (χ1v) is 6.95. The highest BCUT2D eigenvalue weighted by atomic mass is 16.1. The Labute approximate surface area is 128 Å². The number of likely N-dealkylation sites (N-methyl/N-ethyl adjacent to an activating group) is 1. The highest BCUT2D eigenvalue weighted by molar-refractivity contribution is 5.93. The lowest BCUT2D eigenvalue weighted by molar-refractivity contribution is -0.115. The van der Waals surface area contributed by atoms with Crippen LogP contribution in [0.1, 0.15) is 5.56 Å². The van der Waals surface area contributed by atoms with E-state index in [4.69, 9.17) is 0 Å². The van der Waals surface area contributed by atoms with Crippen LogP contribution in [0.4, 0.5) is 0 Å². The molecule has 0 saturated carbocycles. The number of nitrogens with zero attached hydrogens (tertiary/aromatic N) is 3. The number of aromatic nitrogens is 3. The average Bonchev–Trinajstić information content (AvgIpc) is 2.93. The summed E-state index contributed by atoms with van der Waals surface area (Å²) in [5.41, 5.74) is 4.02. The van der Waals surface area contributed by atoms with Crippen LogP contribution >= 0.6 is 0 Å². The van der Waals surface area contributed by atoms with Gasteiger partial charge in [-0.3, -0.25) is 14.5 Å². The summed E-state index contributed by atoms with van der Waals surface area (Å²) in [6, 6.07) is 8.05. The topological polar surface area (TPSA) is 59.8 Å². The molecule has 0 saturated heterocycles. The Bertz CT molecular complexity index is 864. The molecule has 0 bridgehead atoms. The SMILES string of the molecule is CNC(=O)/C=C/c1ccncc1-c1ccc2cnn(C)c2c1. The van der Waals surface area contributed by atoms with Gasteiger partial charge in [0.25, 0.3) is 0 Å². The van der Waals surface area contributed by atoms with Crippen LogP contribution in [0.2, 0.25) is 0 Å². The van der Waals surface area contributed by atoms with Gasteiger partial charge in [0, 0.05) is 43.5 Å². The molecule has 2 aromatic heterocycles. The molecule has 0 radical (unpaired) electrons. The average molecular weight is 292 g/mol. The summed E-state index contributed by atoms with van der Waals surface area (Å²) in [5.74, 6) is -0.134. The Kier molecular flexibility index (Phi) is 3.70. The van der Waals surface area contributed by atoms with Gasteiger partial charge in [0.1, 0.15) is 0 Å². The molecule has 0 aliphatic rings. The molecule has 0 aliphatic heterocycles. The Morgan fingerprint density at radius 1 is 1.27 bits per heavy atom. The van der Waals surface area contributed by atoms with E-state index < -0.39 is 0 Å². The summed E-state index contributed by atoms with van der Waals surface area (Å²) in [5, 5.41) is 7.92. The zero-order valence-electron chi connectivity index (χ0n) is 12.4. The van der Waals surface area contributed by atoms with E-state index in [1.165, 1.54) is 6.08 Å². The van der Waals surface area contributed by atoms with Crippen molar-refractivity contribution in [2.75, 3.05) is 7.05 Å². The molecule has 0 atom stereocenters. The van der Waals surface area contributed by atoms with Crippen molar-refractivity contribution < 1.29 is 4.79 Å². The fourth-order valence-corrected chi connectivity index (χ4v) is 2.35. The Morgan fingerprint density at radius 3 is 2.95 bits per heavy atom. The molecular weight excluding hydrogens is 276 g/mol. The molecule has 5 heteroatoms. The van der Waals surface area contributed by atoms with Crippen LogP contribution in [0, 0.1) is 0 Å². The first-order chi connectivity index (χ1) is 10.7. The summed E-state index contributed by atoms with van der Waals surface area (Å²) in [7, 11) is 3.53. The largest absolute Gasteiger partial charge is 0.356 e. The van der Waals surface area contributed by atoms with Gasteiger partial charge in [-0.05, 0) is 29.3 Å².